The molecule has 2 N–H and O–H groups in total. The number of aliphatic hydroxyl groups is 1. The molecule has 1 aliphatic heterocycles. The number of aliphatic hydroxyl groups excluding tert-OH is 1. The highest BCUT2D eigenvalue weighted by Gasteiger charge is 2.57. The molecule has 182 valence electrons. The molecule has 2 aromatic carbocycles. The van der Waals surface area contributed by atoms with E-state index < -0.39 is 23.7 Å². The number of para-hydroxylation sites is 1. The van der Waals surface area contributed by atoms with Gasteiger partial charge < -0.3 is 19.6 Å². The van der Waals surface area contributed by atoms with Crippen molar-refractivity contribution in [3.63, 3.8) is 0 Å². The Bertz CT molecular complexity index is 1350. The number of carbonyl (C=O) groups is 3. The molecule has 2 unspecified atom stereocenters. The minimum absolute atomic E-state index is 0.0555. The van der Waals surface area contributed by atoms with Crippen molar-refractivity contribution in [2.24, 2.45) is 0 Å². The summed E-state index contributed by atoms with van der Waals surface area (Å²) < 4.78 is 10.2. The van der Waals surface area contributed by atoms with Crippen molar-refractivity contribution in [2.75, 3.05) is 27.3 Å². The second-order valence-corrected chi connectivity index (χ2v) is 8.66. The number of esters is 1. The molecule has 0 spiro atoms. The first-order valence-electron chi connectivity index (χ1n) is 11.5. The van der Waals surface area contributed by atoms with Gasteiger partial charge in [-0.2, -0.15) is 0 Å². The van der Waals surface area contributed by atoms with Crippen LogP contribution >= 0.6 is 0 Å². The van der Waals surface area contributed by atoms with Crippen molar-refractivity contribution in [2.45, 2.75) is 26.3 Å². The van der Waals surface area contributed by atoms with E-state index in [2.05, 4.69) is 4.98 Å². The molecule has 0 bridgehead atoms. The normalized spacial score (nSPS) is 19.9. The summed E-state index contributed by atoms with van der Waals surface area (Å²) in [6, 6.07) is 11.9. The van der Waals surface area contributed by atoms with Crippen molar-refractivity contribution in [3.05, 3.63) is 76.7 Å². The lowest BCUT2D eigenvalue weighted by Crippen LogP contribution is -2.53. The zero-order chi connectivity index (χ0) is 25.3. The molecule has 0 saturated carbocycles. The quantitative estimate of drug-likeness (QED) is 0.375. The maximum Gasteiger partial charge on any atom is 0.382 e. The largest absolute Gasteiger partial charge is 0.500 e. The fourth-order valence-electron chi connectivity index (χ4n) is 5.16. The number of methoxy groups -OCH3 is 2. The van der Waals surface area contributed by atoms with E-state index in [4.69, 9.17) is 9.47 Å². The number of Topliss-reactive ketones (excluding diaryl/α,β-unsaturated/α-hetero) is 1. The van der Waals surface area contributed by atoms with Gasteiger partial charge in [0, 0.05) is 23.5 Å². The number of rotatable bonds is 8. The van der Waals surface area contributed by atoms with Crippen LogP contribution in [0.3, 0.4) is 0 Å². The number of amides is 1. The van der Waals surface area contributed by atoms with Crippen molar-refractivity contribution in [1.29, 1.82) is 0 Å². The van der Waals surface area contributed by atoms with Crippen molar-refractivity contribution < 1.29 is 33.4 Å². The summed E-state index contributed by atoms with van der Waals surface area (Å²) in [5.41, 5.74) is 2.92. The van der Waals surface area contributed by atoms with Crippen LogP contribution in [0, 0.1) is 0 Å². The number of carbonyl (C=O) groups excluding carboxylic acids is 3. The lowest BCUT2D eigenvalue weighted by molar-refractivity contribution is -0.872. The summed E-state index contributed by atoms with van der Waals surface area (Å²) in [6.07, 6.45) is 2.47. The number of benzene rings is 2. The second kappa shape index (κ2) is 9.38. The molecule has 3 aromatic rings. The maximum absolute atomic E-state index is 13.6. The van der Waals surface area contributed by atoms with Gasteiger partial charge in [-0.1, -0.05) is 18.2 Å². The number of ketones is 1. The Hall–Kier alpha value is -3.91. The first-order valence-corrected chi connectivity index (χ1v) is 11.5. The molecule has 0 saturated heterocycles. The number of quaternary nitrogens is 1. The summed E-state index contributed by atoms with van der Waals surface area (Å²) in [7, 11) is 2.75. The minimum atomic E-state index is -0.781. The monoisotopic (exact) mass is 477 g/mol. The Morgan fingerprint density at radius 3 is 2.54 bits per heavy atom. The van der Waals surface area contributed by atoms with Crippen molar-refractivity contribution >= 4 is 28.6 Å². The molecule has 8 heteroatoms. The molecule has 0 fully saturated rings. The van der Waals surface area contributed by atoms with Gasteiger partial charge in [0.25, 0.3) is 0 Å². The van der Waals surface area contributed by atoms with Gasteiger partial charge in [-0.3, -0.25) is 4.79 Å². The van der Waals surface area contributed by atoms with Gasteiger partial charge in [-0.05, 0) is 43.7 Å². The summed E-state index contributed by atoms with van der Waals surface area (Å²) in [4.78, 5) is 41.6. The van der Waals surface area contributed by atoms with E-state index in [-0.39, 0.29) is 21.4 Å². The van der Waals surface area contributed by atoms with Gasteiger partial charge in [-0.15, -0.1) is 0 Å². The van der Waals surface area contributed by atoms with E-state index in [1.54, 1.807) is 12.1 Å². The van der Waals surface area contributed by atoms with E-state index in [0.29, 0.717) is 30.8 Å². The lowest BCUT2D eigenvalue weighted by Gasteiger charge is -2.38. The Labute approximate surface area is 203 Å². The van der Waals surface area contributed by atoms with Crippen molar-refractivity contribution in [3.8, 4) is 5.75 Å². The first-order chi connectivity index (χ1) is 16.8. The van der Waals surface area contributed by atoms with Crippen LogP contribution in [0.4, 0.5) is 0 Å². The number of hydrogen-bond acceptors (Lipinski definition) is 6. The molecule has 2 atom stereocenters. The number of ether oxygens (including phenoxy) is 2. The number of aromatic amines is 1. The summed E-state index contributed by atoms with van der Waals surface area (Å²) >= 11 is 0. The van der Waals surface area contributed by atoms with Gasteiger partial charge in [0.05, 0.1) is 38.4 Å². The fraction of sp³-hybridized carbons (Fsp3) is 0.296. The Morgan fingerprint density at radius 2 is 1.89 bits per heavy atom. The van der Waals surface area contributed by atoms with E-state index >= 15 is 0 Å². The number of nitrogens with one attached hydrogen (secondary N) is 1. The summed E-state index contributed by atoms with van der Waals surface area (Å²) in [5, 5.41) is 11.9. The van der Waals surface area contributed by atoms with E-state index in [0.717, 1.165) is 16.5 Å². The highest BCUT2D eigenvalue weighted by atomic mass is 16.5. The standard InChI is InChI=1S/C27H28N2O6/c1-5-29(13-12-18-15-28-21-9-7-6-8-19(18)21)24(23(16(2)30)25(31)26(29)32)20-11-10-17(27(33)35-4)14-22(20)34-3/h6-11,14-15,24,28H,5,12-13H2,1-4H3/p+1. The molecule has 35 heavy (non-hydrogen) atoms. The van der Waals surface area contributed by atoms with Crippen LogP contribution in [0.25, 0.3) is 10.9 Å². The zero-order valence-electron chi connectivity index (χ0n) is 20.3. The summed E-state index contributed by atoms with van der Waals surface area (Å²) in [6.45, 7) is 3.90. The van der Waals surface area contributed by atoms with Gasteiger partial charge in [0.15, 0.2) is 11.8 Å². The molecular formula is C27H29N2O6+. The third kappa shape index (κ3) is 3.89. The average molecular weight is 478 g/mol. The van der Waals surface area contributed by atoms with Crippen LogP contribution in [-0.4, -0.2) is 59.5 Å². The Balaban J connectivity index is 1.83. The van der Waals surface area contributed by atoms with Crippen LogP contribution < -0.4 is 4.74 Å². The molecule has 1 aliphatic rings. The molecule has 1 aromatic heterocycles. The number of fused-ring (bicyclic) bond motifs is 1. The van der Waals surface area contributed by atoms with E-state index in [1.165, 1.54) is 27.2 Å². The minimum Gasteiger partial charge on any atom is -0.500 e. The molecule has 0 aliphatic carbocycles. The summed E-state index contributed by atoms with van der Waals surface area (Å²) in [5.74, 6) is -1.59. The second-order valence-electron chi connectivity index (χ2n) is 8.66. The molecule has 8 nitrogen and oxygen atoms in total. The van der Waals surface area contributed by atoms with Crippen LogP contribution in [-0.2, 0) is 20.7 Å². The van der Waals surface area contributed by atoms with Gasteiger partial charge in [0.2, 0.25) is 5.76 Å². The number of nitrogens with zero attached hydrogens (tertiary/aromatic N) is 1. The molecule has 4 rings (SSSR count). The van der Waals surface area contributed by atoms with Gasteiger partial charge in [-0.25, -0.2) is 14.1 Å². The predicted molar refractivity (Wildman–Crippen MR) is 130 cm³/mol. The number of H-pyrrole nitrogens is 1. The SMILES string of the molecule is CC[N+]1(CCc2c[nH]c3ccccc23)C(=O)C(O)=C(C(C)=O)C1c1ccc(C(=O)OC)cc1OC. The number of likely N-dealkylation sites (N-methyl/N-ethyl adjacent to an activating group) is 1. The van der Waals surface area contributed by atoms with E-state index in [9.17, 15) is 19.5 Å². The smallest absolute Gasteiger partial charge is 0.382 e. The molecule has 0 radical (unpaired) electrons. The third-order valence-corrected chi connectivity index (χ3v) is 6.98. The topological polar surface area (TPSA) is 106 Å². The van der Waals surface area contributed by atoms with Gasteiger partial charge in [0.1, 0.15) is 11.3 Å². The van der Waals surface area contributed by atoms with Crippen LogP contribution in [0.15, 0.2) is 60.0 Å². The maximum atomic E-state index is 13.6. The number of aromatic nitrogens is 1. The molecule has 1 amide bonds. The predicted octanol–water partition coefficient (Wildman–Crippen LogP) is 4.02. The lowest BCUT2D eigenvalue weighted by atomic mass is 9.93. The highest BCUT2D eigenvalue weighted by Crippen LogP contribution is 2.47. The van der Waals surface area contributed by atoms with Crippen LogP contribution in [0.1, 0.15) is 41.4 Å². The zero-order valence-corrected chi connectivity index (χ0v) is 20.3. The van der Waals surface area contributed by atoms with Crippen molar-refractivity contribution in [1.82, 2.24) is 4.98 Å². The first kappa shape index (κ1) is 24.2. The number of hydrogen-bond donors (Lipinski definition) is 2. The van der Waals surface area contributed by atoms with Gasteiger partial charge >= 0.3 is 11.9 Å². The fourth-order valence-corrected chi connectivity index (χ4v) is 5.16. The molecule has 2 heterocycles. The highest BCUT2D eigenvalue weighted by molar-refractivity contribution is 6.05. The van der Waals surface area contributed by atoms with Crippen LogP contribution in [0.2, 0.25) is 0 Å². The third-order valence-electron chi connectivity index (χ3n) is 6.98. The Morgan fingerprint density at radius 1 is 1.14 bits per heavy atom. The Kier molecular flexibility index (Phi) is 6.49. The van der Waals surface area contributed by atoms with Crippen LogP contribution in [0.5, 0.6) is 5.75 Å². The molecular weight excluding hydrogens is 448 g/mol. The average Bonchev–Trinajstić information content (AvgIpc) is 3.38. The van der Waals surface area contributed by atoms with E-state index in [1.807, 2.05) is 37.4 Å².